The van der Waals surface area contributed by atoms with Gasteiger partial charge in [-0.1, -0.05) is 23.5 Å². The zero-order valence-electron chi connectivity index (χ0n) is 18.3. The van der Waals surface area contributed by atoms with Gasteiger partial charge >= 0.3 is 5.97 Å². The number of ether oxygens (including phenoxy) is 1. The monoisotopic (exact) mass is 472 g/mol. The van der Waals surface area contributed by atoms with E-state index in [2.05, 4.69) is 30.2 Å². The molecule has 0 aliphatic heterocycles. The molecule has 0 saturated heterocycles. The Labute approximate surface area is 194 Å². The van der Waals surface area contributed by atoms with Gasteiger partial charge in [-0.05, 0) is 51.1 Å². The van der Waals surface area contributed by atoms with E-state index in [-0.39, 0.29) is 11.7 Å². The van der Waals surface area contributed by atoms with Gasteiger partial charge in [0.2, 0.25) is 5.91 Å². The second-order valence-electron chi connectivity index (χ2n) is 6.77. The lowest BCUT2D eigenvalue weighted by Crippen LogP contribution is -2.15. The molecule has 2 heterocycles. The third kappa shape index (κ3) is 6.30. The summed E-state index contributed by atoms with van der Waals surface area (Å²) in [6.45, 7) is 6.59. The molecule has 0 aliphatic carbocycles. The van der Waals surface area contributed by atoms with Gasteiger partial charge in [-0.15, -0.1) is 10.2 Å². The summed E-state index contributed by atoms with van der Waals surface area (Å²) >= 11 is 2.83. The zero-order valence-corrected chi connectivity index (χ0v) is 19.9. The molecule has 0 spiro atoms. The molecule has 0 radical (unpaired) electrons. The van der Waals surface area contributed by atoms with Gasteiger partial charge in [-0.3, -0.25) is 4.79 Å². The highest BCUT2D eigenvalue weighted by molar-refractivity contribution is 7.99. The highest BCUT2D eigenvalue weighted by atomic mass is 32.2. The number of carbonyl (C=O) groups is 2. The van der Waals surface area contributed by atoms with Crippen molar-refractivity contribution in [2.75, 3.05) is 18.2 Å². The fourth-order valence-electron chi connectivity index (χ4n) is 2.87. The maximum Gasteiger partial charge on any atom is 0.337 e. The van der Waals surface area contributed by atoms with Crippen LogP contribution in [0, 0.1) is 13.8 Å². The molecule has 11 heteroatoms. The summed E-state index contributed by atoms with van der Waals surface area (Å²) in [6.07, 6.45) is 0. The minimum atomic E-state index is -0.421. The van der Waals surface area contributed by atoms with Crippen LogP contribution in [0.4, 0.5) is 5.69 Å². The quantitative estimate of drug-likeness (QED) is 0.284. The Balaban J connectivity index is 1.56. The fourth-order valence-corrected chi connectivity index (χ4v) is 4.58. The number of methoxy groups -OCH3 is 1. The van der Waals surface area contributed by atoms with Crippen molar-refractivity contribution in [1.82, 2.24) is 24.7 Å². The summed E-state index contributed by atoms with van der Waals surface area (Å²) in [4.78, 5) is 32.7. The van der Waals surface area contributed by atoms with Crippen molar-refractivity contribution in [3.8, 4) is 0 Å². The van der Waals surface area contributed by atoms with Crippen LogP contribution in [0.5, 0.6) is 0 Å². The molecule has 3 aromatic rings. The van der Waals surface area contributed by atoms with Crippen LogP contribution in [-0.2, 0) is 21.8 Å². The van der Waals surface area contributed by atoms with E-state index >= 15 is 0 Å². The lowest BCUT2D eigenvalue weighted by molar-refractivity contribution is -0.113. The van der Waals surface area contributed by atoms with E-state index in [0.29, 0.717) is 33.9 Å². The summed E-state index contributed by atoms with van der Waals surface area (Å²) in [5.41, 5.74) is 2.89. The van der Waals surface area contributed by atoms with Gasteiger partial charge in [0.25, 0.3) is 0 Å². The first-order chi connectivity index (χ1) is 15.4. The molecule has 1 amide bonds. The number of amides is 1. The number of hydrogen-bond acceptors (Lipinski definition) is 9. The predicted octanol–water partition coefficient (Wildman–Crippen LogP) is 3.51. The number of nitrogens with zero attached hydrogens (tertiary/aromatic N) is 5. The van der Waals surface area contributed by atoms with Crippen molar-refractivity contribution in [1.29, 1.82) is 0 Å². The van der Waals surface area contributed by atoms with E-state index in [1.165, 1.54) is 30.6 Å². The first kappa shape index (κ1) is 23.7. The topological polar surface area (TPSA) is 112 Å². The summed E-state index contributed by atoms with van der Waals surface area (Å²) in [5, 5.41) is 12.7. The lowest BCUT2D eigenvalue weighted by Gasteiger charge is -2.08. The molecule has 0 unspecified atom stereocenters. The van der Waals surface area contributed by atoms with E-state index in [0.717, 1.165) is 17.2 Å². The molecule has 1 aromatic carbocycles. The lowest BCUT2D eigenvalue weighted by atomic mass is 10.2. The molecular weight excluding hydrogens is 448 g/mol. The highest BCUT2D eigenvalue weighted by Crippen LogP contribution is 2.23. The van der Waals surface area contributed by atoms with Gasteiger partial charge in [0.1, 0.15) is 5.82 Å². The molecule has 2 aromatic heterocycles. The van der Waals surface area contributed by atoms with E-state index < -0.39 is 5.97 Å². The Hall–Kier alpha value is -2.92. The summed E-state index contributed by atoms with van der Waals surface area (Å²) in [5.74, 6) is 0.982. The Morgan fingerprint density at radius 3 is 2.38 bits per heavy atom. The normalized spacial score (nSPS) is 10.8. The SMILES string of the molecule is CCn1c(CSc2nc(C)cc(C)n2)nnc1SCC(=O)Nc1ccc(C(=O)OC)cc1. The van der Waals surface area contributed by atoms with Gasteiger partial charge in [0, 0.05) is 23.6 Å². The molecule has 1 N–H and O–H groups in total. The molecule has 3 rings (SSSR count). The summed E-state index contributed by atoms with van der Waals surface area (Å²) in [7, 11) is 1.33. The largest absolute Gasteiger partial charge is 0.465 e. The number of aromatic nitrogens is 5. The van der Waals surface area contributed by atoms with Crippen LogP contribution >= 0.6 is 23.5 Å². The molecule has 0 aliphatic rings. The number of aryl methyl sites for hydroxylation is 2. The third-order valence-corrected chi connectivity index (χ3v) is 6.13. The highest BCUT2D eigenvalue weighted by Gasteiger charge is 2.14. The van der Waals surface area contributed by atoms with Crippen molar-refractivity contribution >= 4 is 41.1 Å². The van der Waals surface area contributed by atoms with E-state index in [1.807, 2.05) is 31.4 Å². The van der Waals surface area contributed by atoms with E-state index in [4.69, 9.17) is 0 Å². The van der Waals surface area contributed by atoms with Gasteiger partial charge in [-0.2, -0.15) is 0 Å². The van der Waals surface area contributed by atoms with Crippen LogP contribution in [0.1, 0.15) is 34.5 Å². The summed E-state index contributed by atoms with van der Waals surface area (Å²) < 4.78 is 6.65. The van der Waals surface area contributed by atoms with E-state index in [1.54, 1.807) is 24.3 Å². The third-order valence-electron chi connectivity index (χ3n) is 4.32. The number of thioether (sulfide) groups is 2. The van der Waals surface area contributed by atoms with Crippen LogP contribution in [0.15, 0.2) is 40.6 Å². The molecule has 168 valence electrons. The zero-order chi connectivity index (χ0) is 23.1. The first-order valence-electron chi connectivity index (χ1n) is 9.87. The molecule has 9 nitrogen and oxygen atoms in total. The number of benzene rings is 1. The number of rotatable bonds is 9. The minimum Gasteiger partial charge on any atom is -0.465 e. The Morgan fingerprint density at radius 1 is 1.06 bits per heavy atom. The Kier molecular flexibility index (Phi) is 8.23. The summed E-state index contributed by atoms with van der Waals surface area (Å²) in [6, 6.07) is 8.46. The predicted molar refractivity (Wildman–Crippen MR) is 124 cm³/mol. The van der Waals surface area contributed by atoms with Crippen LogP contribution in [0.3, 0.4) is 0 Å². The van der Waals surface area contributed by atoms with Crippen LogP contribution in [0.25, 0.3) is 0 Å². The van der Waals surface area contributed by atoms with Crippen LogP contribution in [0.2, 0.25) is 0 Å². The van der Waals surface area contributed by atoms with Gasteiger partial charge in [-0.25, -0.2) is 14.8 Å². The van der Waals surface area contributed by atoms with Crippen molar-refractivity contribution in [3.63, 3.8) is 0 Å². The molecule has 0 saturated carbocycles. The van der Waals surface area contributed by atoms with Crippen molar-refractivity contribution in [2.45, 2.75) is 43.4 Å². The number of esters is 1. The number of anilines is 1. The fraction of sp³-hybridized carbons (Fsp3) is 0.333. The van der Waals surface area contributed by atoms with Crippen molar-refractivity contribution in [2.24, 2.45) is 0 Å². The van der Waals surface area contributed by atoms with Crippen LogP contribution < -0.4 is 5.32 Å². The number of carbonyl (C=O) groups excluding carboxylic acids is 2. The van der Waals surface area contributed by atoms with Gasteiger partial charge in [0.15, 0.2) is 10.3 Å². The standard InChI is InChI=1S/C21H24N6O3S2/c1-5-27-17(11-31-20-22-13(2)10-14(3)23-20)25-26-21(27)32-12-18(28)24-16-8-6-15(7-9-16)19(29)30-4/h6-10H,5,11-12H2,1-4H3,(H,24,28). The van der Waals surface area contributed by atoms with Crippen LogP contribution in [-0.4, -0.2) is 49.5 Å². The molecule has 32 heavy (non-hydrogen) atoms. The maximum atomic E-state index is 12.3. The molecule has 0 fully saturated rings. The second-order valence-corrected chi connectivity index (χ2v) is 8.66. The molecule has 0 bridgehead atoms. The molecule has 0 atom stereocenters. The average Bonchev–Trinajstić information content (AvgIpc) is 3.17. The first-order valence-corrected chi connectivity index (χ1v) is 11.8. The van der Waals surface area contributed by atoms with Crippen molar-refractivity contribution < 1.29 is 14.3 Å². The Bertz CT molecular complexity index is 1080. The second kappa shape index (κ2) is 11.1. The van der Waals surface area contributed by atoms with Gasteiger partial charge in [0.05, 0.1) is 24.2 Å². The Morgan fingerprint density at radius 2 is 1.75 bits per heavy atom. The average molecular weight is 473 g/mol. The maximum absolute atomic E-state index is 12.3. The molecular formula is C21H24N6O3S2. The number of hydrogen-bond donors (Lipinski definition) is 1. The van der Waals surface area contributed by atoms with E-state index in [9.17, 15) is 9.59 Å². The van der Waals surface area contributed by atoms with Gasteiger partial charge < -0.3 is 14.6 Å². The minimum absolute atomic E-state index is 0.175. The smallest absolute Gasteiger partial charge is 0.337 e. The van der Waals surface area contributed by atoms with Crippen molar-refractivity contribution in [3.05, 3.63) is 53.1 Å². The number of nitrogens with one attached hydrogen (secondary N) is 1.